The standard InChI is InChI=1S/C17H22N4O5S/c1-2-4-15-19-16(26-20-15)12-25-17(22)13-6-9-21(10-7-13)27(23,24)14-5-3-8-18-11-14/h3,5,8,11,13H,2,4,6-7,9-10,12H2,1H3. The van der Waals surface area contributed by atoms with Crippen molar-refractivity contribution in [1.29, 1.82) is 0 Å². The smallest absolute Gasteiger partial charge is 0.309 e. The minimum Gasteiger partial charge on any atom is -0.455 e. The van der Waals surface area contributed by atoms with Gasteiger partial charge in [-0.15, -0.1) is 0 Å². The van der Waals surface area contributed by atoms with Crippen LogP contribution in [0, 0.1) is 5.92 Å². The van der Waals surface area contributed by atoms with E-state index in [0.29, 0.717) is 25.1 Å². The fourth-order valence-corrected chi connectivity index (χ4v) is 4.34. The van der Waals surface area contributed by atoms with E-state index in [2.05, 4.69) is 15.1 Å². The van der Waals surface area contributed by atoms with Crippen molar-refractivity contribution in [2.75, 3.05) is 13.1 Å². The molecule has 146 valence electrons. The molecule has 9 nitrogen and oxygen atoms in total. The zero-order chi connectivity index (χ0) is 19.3. The molecule has 1 saturated heterocycles. The van der Waals surface area contributed by atoms with Gasteiger partial charge < -0.3 is 9.26 Å². The van der Waals surface area contributed by atoms with Gasteiger partial charge in [0.25, 0.3) is 5.89 Å². The number of carbonyl (C=O) groups excluding carboxylic acids is 1. The lowest BCUT2D eigenvalue weighted by Crippen LogP contribution is -2.40. The van der Waals surface area contributed by atoms with Gasteiger partial charge in [0.15, 0.2) is 12.4 Å². The average Bonchev–Trinajstić information content (AvgIpc) is 3.15. The summed E-state index contributed by atoms with van der Waals surface area (Å²) in [6.07, 6.45) is 5.27. The zero-order valence-corrected chi connectivity index (χ0v) is 15.9. The van der Waals surface area contributed by atoms with Gasteiger partial charge in [-0.05, 0) is 31.4 Å². The maximum Gasteiger partial charge on any atom is 0.309 e. The van der Waals surface area contributed by atoms with Crippen LogP contribution in [-0.2, 0) is 32.6 Å². The molecule has 27 heavy (non-hydrogen) atoms. The van der Waals surface area contributed by atoms with Crippen LogP contribution in [-0.4, -0.2) is 46.9 Å². The number of piperidine rings is 1. The zero-order valence-electron chi connectivity index (χ0n) is 15.1. The highest BCUT2D eigenvalue weighted by Gasteiger charge is 2.33. The van der Waals surface area contributed by atoms with Crippen molar-refractivity contribution in [3.8, 4) is 0 Å². The van der Waals surface area contributed by atoms with Crippen LogP contribution < -0.4 is 0 Å². The van der Waals surface area contributed by atoms with Gasteiger partial charge in [0.1, 0.15) is 4.90 Å². The Morgan fingerprint density at radius 1 is 1.37 bits per heavy atom. The molecule has 0 saturated carbocycles. The molecule has 0 amide bonds. The number of aryl methyl sites for hydroxylation is 1. The topological polar surface area (TPSA) is 115 Å². The van der Waals surface area contributed by atoms with E-state index in [4.69, 9.17) is 9.26 Å². The molecular weight excluding hydrogens is 372 g/mol. The van der Waals surface area contributed by atoms with E-state index in [0.717, 1.165) is 6.42 Å². The number of aromatic nitrogens is 3. The van der Waals surface area contributed by atoms with Crippen molar-refractivity contribution in [3.05, 3.63) is 36.2 Å². The minimum absolute atomic E-state index is 0.0657. The Kier molecular flexibility index (Phi) is 6.17. The van der Waals surface area contributed by atoms with Crippen molar-refractivity contribution >= 4 is 16.0 Å². The molecule has 0 spiro atoms. The molecule has 3 rings (SSSR count). The number of rotatable bonds is 7. The summed E-state index contributed by atoms with van der Waals surface area (Å²) in [4.78, 5) is 20.4. The second-order valence-electron chi connectivity index (χ2n) is 6.33. The number of hydrogen-bond acceptors (Lipinski definition) is 8. The van der Waals surface area contributed by atoms with Crippen LogP contribution >= 0.6 is 0 Å². The molecular formula is C17H22N4O5S. The Bertz CT molecular complexity index is 860. The Morgan fingerprint density at radius 3 is 2.81 bits per heavy atom. The first kappa shape index (κ1) is 19.4. The maximum absolute atomic E-state index is 12.6. The van der Waals surface area contributed by atoms with E-state index < -0.39 is 10.0 Å². The van der Waals surface area contributed by atoms with E-state index in [1.54, 1.807) is 6.07 Å². The lowest BCUT2D eigenvalue weighted by molar-refractivity contribution is -0.152. The summed E-state index contributed by atoms with van der Waals surface area (Å²) in [5, 5.41) is 3.81. The van der Waals surface area contributed by atoms with Crippen LogP contribution in [0.2, 0.25) is 0 Å². The highest BCUT2D eigenvalue weighted by Crippen LogP contribution is 2.24. The number of hydrogen-bond donors (Lipinski definition) is 0. The second-order valence-corrected chi connectivity index (χ2v) is 8.27. The van der Waals surface area contributed by atoms with Crippen LogP contribution in [0.25, 0.3) is 0 Å². The average molecular weight is 394 g/mol. The van der Waals surface area contributed by atoms with Crippen molar-refractivity contribution in [2.24, 2.45) is 5.92 Å². The van der Waals surface area contributed by atoms with Gasteiger partial charge in [-0.3, -0.25) is 9.78 Å². The van der Waals surface area contributed by atoms with Gasteiger partial charge in [-0.25, -0.2) is 8.42 Å². The first-order valence-electron chi connectivity index (χ1n) is 8.89. The molecule has 0 N–H and O–H groups in total. The summed E-state index contributed by atoms with van der Waals surface area (Å²) in [6.45, 7) is 2.47. The van der Waals surface area contributed by atoms with Crippen molar-refractivity contribution in [2.45, 2.75) is 44.1 Å². The molecule has 10 heteroatoms. The third-order valence-electron chi connectivity index (χ3n) is 4.38. The number of carbonyl (C=O) groups is 1. The van der Waals surface area contributed by atoms with Crippen LogP contribution in [0.3, 0.4) is 0 Å². The predicted octanol–water partition coefficient (Wildman–Crippen LogP) is 1.56. The van der Waals surface area contributed by atoms with Crippen LogP contribution in [0.5, 0.6) is 0 Å². The van der Waals surface area contributed by atoms with Gasteiger partial charge in [0.2, 0.25) is 10.0 Å². The Balaban J connectivity index is 1.50. The van der Waals surface area contributed by atoms with Crippen molar-refractivity contribution in [1.82, 2.24) is 19.4 Å². The van der Waals surface area contributed by atoms with E-state index in [1.807, 2.05) is 6.92 Å². The number of ether oxygens (including phenoxy) is 1. The fourth-order valence-electron chi connectivity index (χ4n) is 2.91. The highest BCUT2D eigenvalue weighted by molar-refractivity contribution is 7.89. The fraction of sp³-hybridized carbons (Fsp3) is 0.529. The largest absolute Gasteiger partial charge is 0.455 e. The summed E-state index contributed by atoms with van der Waals surface area (Å²) < 4.78 is 36.8. The number of esters is 1. The molecule has 0 bridgehead atoms. The summed E-state index contributed by atoms with van der Waals surface area (Å²) in [6, 6.07) is 3.10. The first-order chi connectivity index (χ1) is 13.0. The molecule has 2 aromatic rings. The summed E-state index contributed by atoms with van der Waals surface area (Å²) in [5.74, 6) is 0.146. The molecule has 1 aliphatic heterocycles. The van der Waals surface area contributed by atoms with Crippen molar-refractivity contribution in [3.63, 3.8) is 0 Å². The number of sulfonamides is 1. The second kappa shape index (κ2) is 8.57. The molecule has 0 radical (unpaired) electrons. The summed E-state index contributed by atoms with van der Waals surface area (Å²) >= 11 is 0. The van der Waals surface area contributed by atoms with Gasteiger partial charge in [-0.2, -0.15) is 9.29 Å². The molecule has 0 aromatic carbocycles. The maximum atomic E-state index is 12.6. The van der Waals surface area contributed by atoms with Crippen molar-refractivity contribution < 1.29 is 22.5 Å². The Morgan fingerprint density at radius 2 is 2.15 bits per heavy atom. The third-order valence-corrected chi connectivity index (χ3v) is 6.26. The SMILES string of the molecule is CCCc1noc(COC(=O)C2CCN(S(=O)(=O)c3cccnc3)CC2)n1. The molecule has 0 atom stereocenters. The van der Waals surface area contributed by atoms with E-state index >= 15 is 0 Å². The number of nitrogens with zero attached hydrogens (tertiary/aromatic N) is 4. The first-order valence-corrected chi connectivity index (χ1v) is 10.3. The van der Waals surface area contributed by atoms with E-state index in [1.165, 1.54) is 22.8 Å². The molecule has 1 aliphatic rings. The lowest BCUT2D eigenvalue weighted by atomic mass is 9.98. The molecule has 3 heterocycles. The van der Waals surface area contributed by atoms with Crippen LogP contribution in [0.15, 0.2) is 33.9 Å². The van der Waals surface area contributed by atoms with E-state index in [-0.39, 0.29) is 42.4 Å². The quantitative estimate of drug-likeness (QED) is 0.650. The van der Waals surface area contributed by atoms with Gasteiger partial charge in [-0.1, -0.05) is 12.1 Å². The van der Waals surface area contributed by atoms with Crippen LogP contribution in [0.1, 0.15) is 37.9 Å². The van der Waals surface area contributed by atoms with Crippen LogP contribution in [0.4, 0.5) is 0 Å². The molecule has 0 aliphatic carbocycles. The summed E-state index contributed by atoms with van der Waals surface area (Å²) in [5.41, 5.74) is 0. The Hall–Kier alpha value is -2.33. The Labute approximate surface area is 157 Å². The van der Waals surface area contributed by atoms with Gasteiger partial charge in [0.05, 0.1) is 5.92 Å². The predicted molar refractivity (Wildman–Crippen MR) is 93.8 cm³/mol. The number of pyridine rings is 1. The van der Waals surface area contributed by atoms with E-state index in [9.17, 15) is 13.2 Å². The minimum atomic E-state index is -3.58. The molecule has 2 aromatic heterocycles. The highest BCUT2D eigenvalue weighted by atomic mass is 32.2. The van der Waals surface area contributed by atoms with Gasteiger partial charge >= 0.3 is 5.97 Å². The monoisotopic (exact) mass is 394 g/mol. The molecule has 1 fully saturated rings. The van der Waals surface area contributed by atoms with Gasteiger partial charge in [0, 0.05) is 31.9 Å². The third kappa shape index (κ3) is 4.69. The lowest BCUT2D eigenvalue weighted by Gasteiger charge is -2.29. The summed E-state index contributed by atoms with van der Waals surface area (Å²) in [7, 11) is -3.58. The molecule has 0 unspecified atom stereocenters. The normalized spacial score (nSPS) is 16.3.